The molecule has 0 bridgehead atoms. The number of benzene rings is 2. The fourth-order valence-corrected chi connectivity index (χ4v) is 5.97. The summed E-state index contributed by atoms with van der Waals surface area (Å²) in [4.78, 5) is 26.5. The van der Waals surface area contributed by atoms with E-state index in [9.17, 15) is 51.3 Å². The molecule has 0 radical (unpaired) electrons. The number of aliphatic hydroxyl groups excluding tert-OH is 2. The number of amides is 1. The van der Waals surface area contributed by atoms with Gasteiger partial charge in [-0.2, -0.15) is 26.3 Å². The van der Waals surface area contributed by atoms with Crippen molar-refractivity contribution >= 4 is 34.9 Å². The average molecular weight is 635 g/mol. The Morgan fingerprint density at radius 3 is 2.02 bits per heavy atom. The molecule has 2 aromatic carbocycles. The number of halogens is 6. The maximum Gasteiger partial charge on any atom is 0.418 e. The lowest BCUT2D eigenvalue weighted by Gasteiger charge is -2.32. The zero-order chi connectivity index (χ0) is 32.3. The number of alkyl halides is 6. The van der Waals surface area contributed by atoms with E-state index in [2.05, 4.69) is 6.58 Å². The van der Waals surface area contributed by atoms with Crippen molar-refractivity contribution in [1.82, 2.24) is 4.90 Å². The van der Waals surface area contributed by atoms with Crippen LogP contribution in [0.4, 0.5) is 32.0 Å². The van der Waals surface area contributed by atoms with Crippen molar-refractivity contribution in [1.29, 1.82) is 0 Å². The van der Waals surface area contributed by atoms with Gasteiger partial charge in [0.1, 0.15) is 0 Å². The number of aliphatic carboxylic acids is 1. The van der Waals surface area contributed by atoms with Crippen LogP contribution in [0.2, 0.25) is 0 Å². The average Bonchev–Trinajstić information content (AvgIpc) is 2.90. The van der Waals surface area contributed by atoms with Gasteiger partial charge >= 0.3 is 18.3 Å². The molecule has 2 aromatic rings. The molecule has 1 fully saturated rings. The van der Waals surface area contributed by atoms with E-state index < -0.39 is 82.6 Å². The third kappa shape index (κ3) is 8.67. The van der Waals surface area contributed by atoms with E-state index in [1.807, 2.05) is 4.90 Å². The Bertz CT molecular complexity index is 1330. The lowest BCUT2D eigenvalue weighted by molar-refractivity contribution is -0.163. The molecule has 1 saturated heterocycles. The number of carbonyl (C=O) groups excluding carboxylic acids is 1. The topological polar surface area (TPSA) is 101 Å². The van der Waals surface area contributed by atoms with Gasteiger partial charge in [0.15, 0.2) is 0 Å². The molecule has 1 aliphatic rings. The van der Waals surface area contributed by atoms with Crippen LogP contribution in [0.1, 0.15) is 43.4 Å². The second-order valence-corrected chi connectivity index (χ2v) is 11.6. The molecule has 1 aliphatic heterocycles. The zero-order valence-electron chi connectivity index (χ0n) is 23.4. The van der Waals surface area contributed by atoms with Gasteiger partial charge in [0.25, 0.3) is 5.91 Å². The number of hydrogen-bond donors (Lipinski definition) is 3. The highest BCUT2D eigenvalue weighted by atomic mass is 32.2. The lowest BCUT2D eigenvalue weighted by Crippen LogP contribution is -2.41. The Kier molecular flexibility index (Phi) is 10.8. The van der Waals surface area contributed by atoms with E-state index in [4.69, 9.17) is 0 Å². The molecular weight excluding hydrogens is 602 g/mol. The maximum atomic E-state index is 14.4. The first-order valence-corrected chi connectivity index (χ1v) is 14.1. The van der Waals surface area contributed by atoms with Crippen LogP contribution in [0.3, 0.4) is 0 Å². The van der Waals surface area contributed by atoms with Gasteiger partial charge in [0.2, 0.25) is 0 Å². The molecule has 1 heterocycles. The fourth-order valence-electron chi connectivity index (χ4n) is 4.94. The Balaban J connectivity index is 2.04. The van der Waals surface area contributed by atoms with Gasteiger partial charge in [-0.05, 0) is 56.5 Å². The molecule has 3 N–H and O–H groups in total. The summed E-state index contributed by atoms with van der Waals surface area (Å²) in [6.07, 6.45) is -12.5. The number of aliphatic hydroxyl groups is 2. The number of carboxylic acid groups (broad SMARTS) is 1. The number of hydrogen-bond acceptors (Lipinski definition) is 6. The van der Waals surface area contributed by atoms with Gasteiger partial charge < -0.3 is 25.1 Å². The van der Waals surface area contributed by atoms with E-state index in [1.54, 1.807) is 12.1 Å². The van der Waals surface area contributed by atoms with E-state index >= 15 is 0 Å². The van der Waals surface area contributed by atoms with Crippen molar-refractivity contribution in [2.24, 2.45) is 5.92 Å². The summed E-state index contributed by atoms with van der Waals surface area (Å²) in [7, 11) is 0. The molecular formula is C29H32F6N2O5S. The minimum Gasteiger partial charge on any atom is -0.481 e. The van der Waals surface area contributed by atoms with Crippen LogP contribution in [0.5, 0.6) is 0 Å². The SMILES string of the molecule is C=C(C(=O)N(CC(C)O)CC(C)O)c1ccc(Sc2cccc(N3CCC(C(=O)O)CC3)c2)c(C(F)(F)F)c1C(F)(F)F. The van der Waals surface area contributed by atoms with Crippen LogP contribution < -0.4 is 4.90 Å². The van der Waals surface area contributed by atoms with Crippen LogP contribution in [0.15, 0.2) is 52.8 Å². The summed E-state index contributed by atoms with van der Waals surface area (Å²) >= 11 is 0.475. The van der Waals surface area contributed by atoms with Gasteiger partial charge in [-0.25, -0.2) is 0 Å². The van der Waals surface area contributed by atoms with Gasteiger partial charge in [-0.1, -0.05) is 30.5 Å². The largest absolute Gasteiger partial charge is 0.481 e. The first-order valence-electron chi connectivity index (χ1n) is 13.3. The summed E-state index contributed by atoms with van der Waals surface area (Å²) in [5, 5.41) is 28.7. The maximum absolute atomic E-state index is 14.4. The summed E-state index contributed by atoms with van der Waals surface area (Å²) in [5.41, 5.74) is -5.38. The van der Waals surface area contributed by atoms with E-state index in [0.717, 1.165) is 17.0 Å². The first-order chi connectivity index (χ1) is 19.9. The standard InChI is InChI=1S/C29H32F6N2O5S/c1-16(38)14-37(15-17(2)39)26(40)18(3)22-7-8-23(25(29(33,34)35)24(22)28(30,31)32)43-21-6-4-5-20(13-21)36-11-9-19(10-12-36)27(41)42/h4-8,13,16-17,19,38-39H,3,9-12,14-15H2,1-2H3,(H,41,42). The normalized spacial score (nSPS) is 16.1. The van der Waals surface area contributed by atoms with E-state index in [0.29, 0.717) is 43.4 Å². The van der Waals surface area contributed by atoms with Crippen molar-refractivity contribution in [2.45, 2.75) is 61.0 Å². The van der Waals surface area contributed by atoms with Gasteiger partial charge in [-0.3, -0.25) is 9.59 Å². The Morgan fingerprint density at radius 2 is 1.53 bits per heavy atom. The van der Waals surface area contributed by atoms with Crippen molar-refractivity contribution in [3.63, 3.8) is 0 Å². The van der Waals surface area contributed by atoms with E-state index in [-0.39, 0.29) is 4.90 Å². The molecule has 0 saturated carbocycles. The number of carbonyl (C=O) groups is 2. The fraction of sp³-hybridized carbons (Fsp3) is 0.448. The van der Waals surface area contributed by atoms with Crippen molar-refractivity contribution in [3.05, 3.63) is 59.7 Å². The molecule has 3 rings (SSSR count). The zero-order valence-corrected chi connectivity index (χ0v) is 24.2. The third-order valence-electron chi connectivity index (χ3n) is 6.83. The quantitative estimate of drug-likeness (QED) is 0.225. The van der Waals surface area contributed by atoms with Crippen molar-refractivity contribution in [3.8, 4) is 0 Å². The predicted molar refractivity (Wildman–Crippen MR) is 149 cm³/mol. The molecule has 1 amide bonds. The van der Waals surface area contributed by atoms with E-state index in [1.165, 1.54) is 26.0 Å². The second kappa shape index (κ2) is 13.6. The number of rotatable bonds is 10. The Hall–Kier alpha value is -3.23. The van der Waals surface area contributed by atoms with Crippen LogP contribution in [0, 0.1) is 5.92 Å². The predicted octanol–water partition coefficient (Wildman–Crippen LogP) is 5.78. The highest BCUT2D eigenvalue weighted by Gasteiger charge is 2.47. The Morgan fingerprint density at radius 1 is 0.977 bits per heavy atom. The monoisotopic (exact) mass is 634 g/mol. The molecule has 7 nitrogen and oxygen atoms in total. The van der Waals surface area contributed by atoms with Gasteiger partial charge in [-0.15, -0.1) is 0 Å². The highest BCUT2D eigenvalue weighted by molar-refractivity contribution is 7.99. The Labute approximate surface area is 248 Å². The molecule has 0 aromatic heterocycles. The summed E-state index contributed by atoms with van der Waals surface area (Å²) in [6.45, 7) is 5.97. The molecule has 0 aliphatic carbocycles. The lowest BCUT2D eigenvalue weighted by atomic mass is 9.94. The van der Waals surface area contributed by atoms with Crippen molar-refractivity contribution in [2.75, 3.05) is 31.1 Å². The van der Waals surface area contributed by atoms with Gasteiger partial charge in [0, 0.05) is 47.2 Å². The molecule has 236 valence electrons. The van der Waals surface area contributed by atoms with Crippen LogP contribution >= 0.6 is 11.8 Å². The minimum atomic E-state index is -5.53. The number of nitrogens with zero attached hydrogens (tertiary/aromatic N) is 2. The smallest absolute Gasteiger partial charge is 0.418 e. The highest BCUT2D eigenvalue weighted by Crippen LogP contribution is 2.49. The molecule has 0 spiro atoms. The first kappa shape index (κ1) is 34.3. The van der Waals surface area contributed by atoms with Crippen LogP contribution in [-0.4, -0.2) is 70.5 Å². The number of anilines is 1. The van der Waals surface area contributed by atoms with Gasteiger partial charge in [0.05, 0.1) is 29.3 Å². The number of piperidine rings is 1. The van der Waals surface area contributed by atoms with Crippen molar-refractivity contribution < 1.29 is 51.3 Å². The number of carboxylic acids is 1. The molecule has 14 heteroatoms. The van der Waals surface area contributed by atoms with Crippen LogP contribution in [-0.2, 0) is 21.9 Å². The molecule has 2 unspecified atom stereocenters. The molecule has 2 atom stereocenters. The van der Waals surface area contributed by atoms with Crippen LogP contribution in [0.25, 0.3) is 5.57 Å². The summed E-state index contributed by atoms with van der Waals surface area (Å²) in [5.74, 6) is -2.58. The summed E-state index contributed by atoms with van der Waals surface area (Å²) < 4.78 is 86.4. The summed E-state index contributed by atoms with van der Waals surface area (Å²) in [6, 6.07) is 7.83. The second-order valence-electron chi connectivity index (χ2n) is 10.4. The third-order valence-corrected chi connectivity index (χ3v) is 7.88. The molecule has 43 heavy (non-hydrogen) atoms. The minimum absolute atomic E-state index is 0.221.